The molecule has 2 amide bonds. The minimum atomic E-state index is -0.793. The summed E-state index contributed by atoms with van der Waals surface area (Å²) in [4.78, 5) is 15.8. The molecular formula is C15H21F2N3O2. The zero-order chi connectivity index (χ0) is 16.1. The van der Waals surface area contributed by atoms with Crippen LogP contribution in [0.25, 0.3) is 0 Å². The van der Waals surface area contributed by atoms with Crippen molar-refractivity contribution in [2.24, 2.45) is 0 Å². The van der Waals surface area contributed by atoms with Gasteiger partial charge in [-0.25, -0.2) is 13.6 Å². The van der Waals surface area contributed by atoms with E-state index in [0.29, 0.717) is 26.2 Å². The van der Waals surface area contributed by atoms with Gasteiger partial charge in [0.1, 0.15) is 11.6 Å². The van der Waals surface area contributed by atoms with E-state index in [1.165, 1.54) is 6.07 Å². The molecular weight excluding hydrogens is 292 g/mol. The Hall–Kier alpha value is -1.73. The lowest BCUT2D eigenvalue weighted by molar-refractivity contribution is 0.0765. The van der Waals surface area contributed by atoms with Crippen molar-refractivity contribution in [3.8, 4) is 0 Å². The Bertz CT molecular complexity index is 516. The van der Waals surface area contributed by atoms with Crippen LogP contribution in [0.1, 0.15) is 13.3 Å². The minimum absolute atomic E-state index is 0.0318. The van der Waals surface area contributed by atoms with Crippen LogP contribution in [-0.2, 0) is 0 Å². The van der Waals surface area contributed by atoms with Crippen molar-refractivity contribution in [1.29, 1.82) is 0 Å². The van der Waals surface area contributed by atoms with E-state index >= 15 is 0 Å². The minimum Gasteiger partial charge on any atom is -0.395 e. The first kappa shape index (κ1) is 16.6. The van der Waals surface area contributed by atoms with Gasteiger partial charge in [0.25, 0.3) is 0 Å². The molecule has 1 aliphatic rings. The van der Waals surface area contributed by atoms with Gasteiger partial charge in [0.2, 0.25) is 0 Å². The molecule has 1 unspecified atom stereocenters. The zero-order valence-electron chi connectivity index (χ0n) is 12.6. The van der Waals surface area contributed by atoms with Gasteiger partial charge in [-0.2, -0.15) is 0 Å². The Morgan fingerprint density at radius 1 is 1.32 bits per heavy atom. The zero-order valence-corrected chi connectivity index (χ0v) is 12.6. The Morgan fingerprint density at radius 2 is 2.00 bits per heavy atom. The van der Waals surface area contributed by atoms with E-state index in [1.54, 1.807) is 4.90 Å². The summed E-state index contributed by atoms with van der Waals surface area (Å²) in [5.41, 5.74) is -0.0318. The van der Waals surface area contributed by atoms with Gasteiger partial charge in [-0.15, -0.1) is 0 Å². The number of hydrogen-bond acceptors (Lipinski definition) is 3. The molecule has 7 heteroatoms. The van der Waals surface area contributed by atoms with Crippen molar-refractivity contribution in [3.63, 3.8) is 0 Å². The predicted molar refractivity (Wildman–Crippen MR) is 79.7 cm³/mol. The van der Waals surface area contributed by atoms with Gasteiger partial charge in [-0.3, -0.25) is 4.90 Å². The highest BCUT2D eigenvalue weighted by Crippen LogP contribution is 2.16. The van der Waals surface area contributed by atoms with Gasteiger partial charge >= 0.3 is 6.03 Å². The number of benzene rings is 1. The molecule has 0 radical (unpaired) electrons. The summed E-state index contributed by atoms with van der Waals surface area (Å²) in [6.45, 7) is 4.45. The number of urea groups is 1. The molecule has 0 saturated carbocycles. The first-order valence-corrected chi connectivity index (χ1v) is 7.41. The third-order valence-electron chi connectivity index (χ3n) is 3.97. The van der Waals surface area contributed by atoms with Crippen molar-refractivity contribution in [3.05, 3.63) is 29.8 Å². The molecule has 1 aromatic rings. The van der Waals surface area contributed by atoms with Crippen LogP contribution in [0.15, 0.2) is 18.2 Å². The maximum atomic E-state index is 13.5. The van der Waals surface area contributed by atoms with Gasteiger partial charge in [0.05, 0.1) is 12.3 Å². The first-order valence-electron chi connectivity index (χ1n) is 7.41. The maximum Gasteiger partial charge on any atom is 0.322 e. The molecule has 22 heavy (non-hydrogen) atoms. The van der Waals surface area contributed by atoms with E-state index in [9.17, 15) is 18.7 Å². The van der Waals surface area contributed by atoms with Crippen molar-refractivity contribution < 1.29 is 18.7 Å². The number of aliphatic hydroxyl groups excluding tert-OH is 1. The molecule has 1 atom stereocenters. The molecule has 1 heterocycles. The number of rotatable bonds is 4. The Kier molecular flexibility index (Phi) is 5.68. The summed E-state index contributed by atoms with van der Waals surface area (Å²) in [5.74, 6) is -1.47. The van der Waals surface area contributed by atoms with Crippen molar-refractivity contribution in [1.82, 2.24) is 9.80 Å². The highest BCUT2D eigenvalue weighted by molar-refractivity contribution is 5.89. The van der Waals surface area contributed by atoms with E-state index in [2.05, 4.69) is 10.2 Å². The summed E-state index contributed by atoms with van der Waals surface area (Å²) < 4.78 is 26.4. The Labute approximate surface area is 128 Å². The van der Waals surface area contributed by atoms with E-state index in [1.807, 2.05) is 6.92 Å². The highest BCUT2D eigenvalue weighted by atomic mass is 19.1. The molecule has 1 fully saturated rings. The number of carbonyl (C=O) groups excluding carboxylic acids is 1. The molecule has 0 bridgehead atoms. The number of nitrogens with zero attached hydrogens (tertiary/aromatic N) is 2. The number of carbonyl (C=O) groups is 1. The van der Waals surface area contributed by atoms with E-state index in [4.69, 9.17) is 0 Å². The number of aliphatic hydroxyl groups is 1. The summed E-state index contributed by atoms with van der Waals surface area (Å²) in [7, 11) is 0. The van der Waals surface area contributed by atoms with Crippen LogP contribution in [0.5, 0.6) is 0 Å². The summed E-state index contributed by atoms with van der Waals surface area (Å²) >= 11 is 0. The van der Waals surface area contributed by atoms with Crippen LogP contribution in [0.3, 0.4) is 0 Å². The average Bonchev–Trinajstić information content (AvgIpc) is 2.52. The maximum absolute atomic E-state index is 13.5. The standard InChI is InChI=1S/C15H21F2N3O2/c1-2-12(10-21)19-5-7-20(8-6-19)15(22)18-14-4-3-11(16)9-13(14)17/h3-4,9,12,21H,2,5-8,10H2,1H3,(H,18,22). The fourth-order valence-corrected chi connectivity index (χ4v) is 2.58. The normalized spacial score (nSPS) is 17.4. The van der Waals surface area contributed by atoms with Crippen LogP contribution >= 0.6 is 0 Å². The largest absolute Gasteiger partial charge is 0.395 e. The molecule has 0 spiro atoms. The van der Waals surface area contributed by atoms with Gasteiger partial charge in [0.15, 0.2) is 0 Å². The van der Waals surface area contributed by atoms with Gasteiger partial charge in [0, 0.05) is 38.3 Å². The molecule has 2 N–H and O–H groups in total. The number of amides is 2. The van der Waals surface area contributed by atoms with Crippen molar-refractivity contribution in [2.45, 2.75) is 19.4 Å². The monoisotopic (exact) mass is 313 g/mol. The number of nitrogens with one attached hydrogen (secondary N) is 1. The second-order valence-corrected chi connectivity index (χ2v) is 5.32. The van der Waals surface area contributed by atoms with Crippen LogP contribution in [-0.4, -0.2) is 59.8 Å². The van der Waals surface area contributed by atoms with Gasteiger partial charge in [-0.1, -0.05) is 6.92 Å². The number of anilines is 1. The third-order valence-corrected chi connectivity index (χ3v) is 3.97. The summed E-state index contributed by atoms with van der Waals surface area (Å²) in [6.07, 6.45) is 0.851. The second kappa shape index (κ2) is 7.51. The number of piperazine rings is 1. The molecule has 5 nitrogen and oxygen atoms in total. The fourth-order valence-electron chi connectivity index (χ4n) is 2.58. The Balaban J connectivity index is 1.90. The molecule has 0 aliphatic carbocycles. The topological polar surface area (TPSA) is 55.8 Å². The molecule has 0 aromatic heterocycles. The van der Waals surface area contributed by atoms with Gasteiger partial charge < -0.3 is 15.3 Å². The van der Waals surface area contributed by atoms with Crippen LogP contribution in [0.2, 0.25) is 0 Å². The Morgan fingerprint density at radius 3 is 2.55 bits per heavy atom. The molecule has 2 rings (SSSR count). The SMILES string of the molecule is CCC(CO)N1CCN(C(=O)Nc2ccc(F)cc2F)CC1. The van der Waals surface area contributed by atoms with Crippen LogP contribution in [0, 0.1) is 11.6 Å². The second-order valence-electron chi connectivity index (χ2n) is 5.32. The van der Waals surface area contributed by atoms with Crippen molar-refractivity contribution >= 4 is 11.7 Å². The summed E-state index contributed by atoms with van der Waals surface area (Å²) in [6, 6.07) is 2.75. The third kappa shape index (κ3) is 3.92. The molecule has 122 valence electrons. The molecule has 1 saturated heterocycles. The summed E-state index contributed by atoms with van der Waals surface area (Å²) in [5, 5.41) is 11.8. The smallest absolute Gasteiger partial charge is 0.322 e. The first-order chi connectivity index (χ1) is 10.5. The average molecular weight is 313 g/mol. The lowest BCUT2D eigenvalue weighted by Gasteiger charge is -2.38. The quantitative estimate of drug-likeness (QED) is 0.892. The lowest BCUT2D eigenvalue weighted by Crippen LogP contribution is -2.53. The highest BCUT2D eigenvalue weighted by Gasteiger charge is 2.25. The fraction of sp³-hybridized carbons (Fsp3) is 0.533. The molecule has 1 aliphatic heterocycles. The van der Waals surface area contributed by atoms with Gasteiger partial charge in [-0.05, 0) is 18.6 Å². The predicted octanol–water partition coefficient (Wildman–Crippen LogP) is 1.89. The van der Waals surface area contributed by atoms with Crippen LogP contribution in [0.4, 0.5) is 19.3 Å². The molecule has 1 aromatic carbocycles. The van der Waals surface area contributed by atoms with E-state index in [-0.39, 0.29) is 18.3 Å². The van der Waals surface area contributed by atoms with Crippen molar-refractivity contribution in [2.75, 3.05) is 38.1 Å². The van der Waals surface area contributed by atoms with E-state index < -0.39 is 17.7 Å². The van der Waals surface area contributed by atoms with E-state index in [0.717, 1.165) is 18.6 Å². The van der Waals surface area contributed by atoms with Crippen LogP contribution < -0.4 is 5.32 Å². The number of halogens is 2. The number of hydrogen-bond donors (Lipinski definition) is 2. The lowest BCUT2D eigenvalue weighted by atomic mass is 10.2.